The average molecular weight is 336 g/mol. The summed E-state index contributed by atoms with van der Waals surface area (Å²) in [5.41, 5.74) is 0.202. The Balaban J connectivity index is 1.78. The minimum atomic E-state index is -0.439. The fourth-order valence-corrected chi connectivity index (χ4v) is 2.85. The van der Waals surface area contributed by atoms with Gasteiger partial charge in [-0.3, -0.25) is 4.79 Å². The molecule has 1 aromatic carbocycles. The van der Waals surface area contributed by atoms with Crippen molar-refractivity contribution < 1.29 is 18.7 Å². The van der Waals surface area contributed by atoms with E-state index in [-0.39, 0.29) is 29.7 Å². The molecule has 0 aliphatic carbocycles. The summed E-state index contributed by atoms with van der Waals surface area (Å²) in [5.74, 6) is -0.377. The van der Waals surface area contributed by atoms with E-state index < -0.39 is 5.82 Å². The number of nitrogens with one attached hydrogen (secondary N) is 1. The van der Waals surface area contributed by atoms with Gasteiger partial charge >= 0.3 is 6.09 Å². The molecule has 1 saturated heterocycles. The molecule has 6 heteroatoms. The van der Waals surface area contributed by atoms with E-state index in [1.165, 1.54) is 12.1 Å². The van der Waals surface area contributed by atoms with Crippen LogP contribution in [0.3, 0.4) is 0 Å². The van der Waals surface area contributed by atoms with E-state index in [4.69, 9.17) is 4.74 Å². The van der Waals surface area contributed by atoms with Crippen molar-refractivity contribution in [1.82, 2.24) is 4.90 Å². The molecule has 0 spiro atoms. The molecule has 2 amide bonds. The fraction of sp³-hybridized carbons (Fsp3) is 0.556. The van der Waals surface area contributed by atoms with Crippen molar-refractivity contribution in [2.45, 2.75) is 45.6 Å². The summed E-state index contributed by atoms with van der Waals surface area (Å²) in [7, 11) is 0. The van der Waals surface area contributed by atoms with E-state index in [0.29, 0.717) is 25.9 Å². The van der Waals surface area contributed by atoms with E-state index in [1.807, 2.05) is 13.8 Å². The highest BCUT2D eigenvalue weighted by Gasteiger charge is 2.25. The van der Waals surface area contributed by atoms with Gasteiger partial charge in [0.25, 0.3) is 0 Å². The van der Waals surface area contributed by atoms with Gasteiger partial charge in [0.2, 0.25) is 5.91 Å². The molecule has 0 radical (unpaired) electrons. The van der Waals surface area contributed by atoms with Gasteiger partial charge in [-0.2, -0.15) is 0 Å². The highest BCUT2D eigenvalue weighted by molar-refractivity contribution is 5.90. The Morgan fingerprint density at radius 1 is 1.38 bits per heavy atom. The van der Waals surface area contributed by atoms with E-state index in [1.54, 1.807) is 17.0 Å². The summed E-state index contributed by atoms with van der Waals surface area (Å²) < 4.78 is 18.7. The first-order valence-corrected chi connectivity index (χ1v) is 8.45. The van der Waals surface area contributed by atoms with Gasteiger partial charge in [-0.1, -0.05) is 12.1 Å². The predicted octanol–water partition coefficient (Wildman–Crippen LogP) is 3.80. The molecule has 0 saturated carbocycles. The van der Waals surface area contributed by atoms with Crippen molar-refractivity contribution >= 4 is 17.7 Å². The van der Waals surface area contributed by atoms with Crippen LogP contribution in [0.25, 0.3) is 0 Å². The number of hydrogen-bond acceptors (Lipinski definition) is 3. The number of ether oxygens (including phenoxy) is 1. The minimum absolute atomic E-state index is 0.135. The maximum atomic E-state index is 13.5. The van der Waals surface area contributed by atoms with Crippen LogP contribution in [-0.4, -0.2) is 36.1 Å². The van der Waals surface area contributed by atoms with E-state index in [0.717, 1.165) is 12.8 Å². The lowest BCUT2D eigenvalue weighted by Gasteiger charge is -2.32. The number of halogens is 1. The molecule has 1 aliphatic heterocycles. The first kappa shape index (κ1) is 18.2. The molecule has 24 heavy (non-hydrogen) atoms. The third kappa shape index (κ3) is 5.51. The van der Waals surface area contributed by atoms with Gasteiger partial charge in [-0.25, -0.2) is 9.18 Å². The smallest absolute Gasteiger partial charge is 0.410 e. The Morgan fingerprint density at radius 2 is 2.12 bits per heavy atom. The van der Waals surface area contributed by atoms with Crippen LogP contribution in [0.5, 0.6) is 0 Å². The molecular formula is C18H25FN2O3. The second-order valence-electron chi connectivity index (χ2n) is 6.45. The highest BCUT2D eigenvalue weighted by Crippen LogP contribution is 2.22. The maximum Gasteiger partial charge on any atom is 0.410 e. The molecule has 1 heterocycles. The van der Waals surface area contributed by atoms with Crippen molar-refractivity contribution in [3.05, 3.63) is 30.1 Å². The number of benzene rings is 1. The zero-order valence-electron chi connectivity index (χ0n) is 14.3. The fourth-order valence-electron chi connectivity index (χ4n) is 2.85. The summed E-state index contributed by atoms with van der Waals surface area (Å²) in [5, 5.41) is 2.59. The number of likely N-dealkylation sites (tertiary alicyclic amines) is 1. The maximum absolute atomic E-state index is 13.5. The van der Waals surface area contributed by atoms with Gasteiger partial charge in [0.1, 0.15) is 5.82 Å². The highest BCUT2D eigenvalue weighted by atomic mass is 19.1. The third-order valence-corrected chi connectivity index (χ3v) is 4.04. The molecule has 1 atom stereocenters. The van der Waals surface area contributed by atoms with Crippen LogP contribution in [-0.2, 0) is 9.53 Å². The van der Waals surface area contributed by atoms with Crippen LogP contribution in [0, 0.1) is 11.7 Å². The molecule has 0 unspecified atom stereocenters. The SMILES string of the molecule is CC(C)OC(=O)N1CCC[C@H](CCC(=O)Nc2ccccc2F)C1. The second kappa shape index (κ2) is 8.66. The van der Waals surface area contributed by atoms with Crippen LogP contribution in [0.1, 0.15) is 39.5 Å². The molecular weight excluding hydrogens is 311 g/mol. The Bertz CT molecular complexity index is 577. The predicted molar refractivity (Wildman–Crippen MR) is 90.2 cm³/mol. The summed E-state index contributed by atoms with van der Waals surface area (Å²) in [6.07, 6.45) is 2.46. The number of anilines is 1. The molecule has 132 valence electrons. The molecule has 0 aromatic heterocycles. The van der Waals surface area contributed by atoms with Crippen LogP contribution in [0.15, 0.2) is 24.3 Å². The van der Waals surface area contributed by atoms with Gasteiger partial charge in [0.05, 0.1) is 11.8 Å². The first-order valence-electron chi connectivity index (χ1n) is 8.45. The summed E-state index contributed by atoms with van der Waals surface area (Å²) in [6.45, 7) is 4.96. The van der Waals surface area contributed by atoms with E-state index in [9.17, 15) is 14.0 Å². The lowest BCUT2D eigenvalue weighted by atomic mass is 9.93. The van der Waals surface area contributed by atoms with Crippen LogP contribution in [0.2, 0.25) is 0 Å². The zero-order chi connectivity index (χ0) is 17.5. The summed E-state index contributed by atoms with van der Waals surface area (Å²) in [4.78, 5) is 25.7. The van der Waals surface area contributed by atoms with Crippen molar-refractivity contribution in [3.63, 3.8) is 0 Å². The molecule has 2 rings (SSSR count). The molecule has 1 N–H and O–H groups in total. The lowest BCUT2D eigenvalue weighted by Crippen LogP contribution is -2.41. The summed E-state index contributed by atoms with van der Waals surface area (Å²) >= 11 is 0. The van der Waals surface area contributed by atoms with Crippen LogP contribution >= 0.6 is 0 Å². The van der Waals surface area contributed by atoms with Gasteiger partial charge in [0, 0.05) is 19.5 Å². The Kier molecular flexibility index (Phi) is 6.58. The molecule has 5 nitrogen and oxygen atoms in total. The number of carbonyl (C=O) groups is 2. The Labute approximate surface area is 142 Å². The first-order chi connectivity index (χ1) is 11.5. The Morgan fingerprint density at radius 3 is 2.83 bits per heavy atom. The van der Waals surface area contributed by atoms with Gasteiger partial charge in [-0.05, 0) is 51.2 Å². The normalized spacial score (nSPS) is 17.7. The van der Waals surface area contributed by atoms with Gasteiger partial charge in [-0.15, -0.1) is 0 Å². The van der Waals surface area contributed by atoms with Crippen LogP contribution < -0.4 is 5.32 Å². The number of nitrogens with zero attached hydrogens (tertiary/aromatic N) is 1. The standard InChI is InChI=1S/C18H25FN2O3/c1-13(2)24-18(23)21-11-5-6-14(12-21)9-10-17(22)20-16-8-4-3-7-15(16)19/h3-4,7-8,13-14H,5-6,9-12H2,1-2H3,(H,20,22)/t14-/m1/s1. The van der Waals surface area contributed by atoms with Gasteiger partial charge in [0.15, 0.2) is 0 Å². The van der Waals surface area contributed by atoms with Crippen molar-refractivity contribution in [1.29, 1.82) is 0 Å². The van der Waals surface area contributed by atoms with Crippen molar-refractivity contribution in [2.24, 2.45) is 5.92 Å². The zero-order valence-corrected chi connectivity index (χ0v) is 14.3. The number of hydrogen-bond donors (Lipinski definition) is 1. The second-order valence-corrected chi connectivity index (χ2v) is 6.45. The topological polar surface area (TPSA) is 58.6 Å². The summed E-state index contributed by atoms with van der Waals surface area (Å²) in [6, 6.07) is 6.11. The third-order valence-electron chi connectivity index (χ3n) is 4.04. The van der Waals surface area contributed by atoms with Crippen molar-refractivity contribution in [3.8, 4) is 0 Å². The number of amides is 2. The van der Waals surface area contributed by atoms with Gasteiger partial charge < -0.3 is 15.0 Å². The van der Waals surface area contributed by atoms with Crippen LogP contribution in [0.4, 0.5) is 14.9 Å². The number of carbonyl (C=O) groups excluding carboxylic acids is 2. The molecule has 1 fully saturated rings. The monoisotopic (exact) mass is 336 g/mol. The molecule has 1 aromatic rings. The van der Waals surface area contributed by atoms with E-state index in [2.05, 4.69) is 5.32 Å². The van der Waals surface area contributed by atoms with E-state index >= 15 is 0 Å². The molecule has 1 aliphatic rings. The van der Waals surface area contributed by atoms with Crippen molar-refractivity contribution in [2.75, 3.05) is 18.4 Å². The Hall–Kier alpha value is -2.11. The number of para-hydroxylation sites is 1. The number of piperidine rings is 1. The minimum Gasteiger partial charge on any atom is -0.447 e. The lowest BCUT2D eigenvalue weighted by molar-refractivity contribution is -0.116. The largest absolute Gasteiger partial charge is 0.447 e. The molecule has 0 bridgehead atoms. The quantitative estimate of drug-likeness (QED) is 0.890. The average Bonchev–Trinajstić information content (AvgIpc) is 2.55. The number of rotatable bonds is 5.